The zero-order valence-corrected chi connectivity index (χ0v) is 7.41. The van der Waals surface area contributed by atoms with E-state index in [4.69, 9.17) is 11.6 Å². The van der Waals surface area contributed by atoms with Gasteiger partial charge in [0.2, 0.25) is 5.28 Å². The fourth-order valence-electron chi connectivity index (χ4n) is 1.60. The van der Waals surface area contributed by atoms with E-state index in [1.54, 1.807) is 6.20 Å². The molecule has 1 aliphatic rings. The van der Waals surface area contributed by atoms with Crippen molar-refractivity contribution in [2.45, 2.75) is 25.4 Å². The monoisotopic (exact) mass is 184 g/mol. The Hall–Kier alpha value is -0.670. The number of halogens is 1. The minimum absolute atomic E-state index is 0.210. The minimum atomic E-state index is -0.463. The highest BCUT2D eigenvalue weighted by atomic mass is 35.5. The number of aromatic nitrogens is 2. The van der Waals surface area contributed by atoms with Crippen molar-refractivity contribution < 1.29 is 5.11 Å². The first-order valence-electron chi connectivity index (χ1n) is 3.89. The van der Waals surface area contributed by atoms with Gasteiger partial charge in [0.15, 0.2) is 0 Å². The van der Waals surface area contributed by atoms with Gasteiger partial charge < -0.3 is 5.11 Å². The van der Waals surface area contributed by atoms with E-state index in [2.05, 4.69) is 9.97 Å². The van der Waals surface area contributed by atoms with Gasteiger partial charge in [-0.3, -0.25) is 0 Å². The fraction of sp³-hybridized carbons (Fsp3) is 0.500. The molecule has 0 saturated heterocycles. The number of aliphatic hydroxyl groups excluding tert-OH is 1. The molecule has 3 nitrogen and oxygen atoms in total. The van der Waals surface area contributed by atoms with Crippen LogP contribution < -0.4 is 0 Å². The van der Waals surface area contributed by atoms with E-state index in [9.17, 15) is 5.11 Å². The summed E-state index contributed by atoms with van der Waals surface area (Å²) < 4.78 is 0. The maximum absolute atomic E-state index is 9.53. The molecule has 2 rings (SSSR count). The first kappa shape index (κ1) is 7.95. The Labute approximate surface area is 75.4 Å². The summed E-state index contributed by atoms with van der Waals surface area (Å²) in [6.07, 6.45) is 1.96. The zero-order valence-electron chi connectivity index (χ0n) is 6.66. The third kappa shape index (κ3) is 1.09. The van der Waals surface area contributed by atoms with Gasteiger partial charge in [0.25, 0.3) is 0 Å². The van der Waals surface area contributed by atoms with Crippen LogP contribution in [0.4, 0.5) is 0 Å². The summed E-state index contributed by atoms with van der Waals surface area (Å²) >= 11 is 5.60. The average molecular weight is 185 g/mol. The summed E-state index contributed by atoms with van der Waals surface area (Å²) in [5.74, 6) is 0.340. The molecule has 0 spiro atoms. The predicted molar refractivity (Wildman–Crippen MR) is 45.0 cm³/mol. The summed E-state index contributed by atoms with van der Waals surface area (Å²) in [7, 11) is 0. The third-order valence-corrected chi connectivity index (χ3v) is 2.42. The fourth-order valence-corrected chi connectivity index (χ4v) is 1.74. The van der Waals surface area contributed by atoms with Crippen LogP contribution in [0.15, 0.2) is 6.20 Å². The van der Waals surface area contributed by atoms with Crippen LogP contribution in [0, 0.1) is 0 Å². The van der Waals surface area contributed by atoms with Crippen molar-refractivity contribution in [2.24, 2.45) is 0 Å². The normalized spacial score (nSPS) is 27.2. The van der Waals surface area contributed by atoms with E-state index in [1.165, 1.54) is 0 Å². The highest BCUT2D eigenvalue weighted by Crippen LogP contribution is 2.38. The lowest BCUT2D eigenvalue weighted by molar-refractivity contribution is 0.170. The van der Waals surface area contributed by atoms with E-state index in [1.807, 2.05) is 6.92 Å². The second kappa shape index (κ2) is 2.68. The predicted octanol–water partition coefficient (Wildman–Crippen LogP) is 1.67. The molecule has 2 unspecified atom stereocenters. The molecule has 1 aliphatic carbocycles. The molecule has 12 heavy (non-hydrogen) atoms. The van der Waals surface area contributed by atoms with Crippen LogP contribution in [-0.2, 0) is 0 Å². The molecule has 0 amide bonds. The summed E-state index contributed by atoms with van der Waals surface area (Å²) in [6, 6.07) is 0. The summed E-state index contributed by atoms with van der Waals surface area (Å²) in [4.78, 5) is 7.87. The molecule has 1 aromatic rings. The van der Waals surface area contributed by atoms with Crippen LogP contribution in [0.1, 0.15) is 36.6 Å². The standard InChI is InChI=1S/C8H9ClN2O/c1-4-2-6(12)7-5(4)3-10-8(9)11-7/h3-4,6,12H,2H2,1H3. The number of hydrogen-bond acceptors (Lipinski definition) is 3. The molecule has 0 bridgehead atoms. The van der Waals surface area contributed by atoms with Crippen LogP contribution in [0.5, 0.6) is 0 Å². The van der Waals surface area contributed by atoms with Gasteiger partial charge in [-0.2, -0.15) is 0 Å². The van der Waals surface area contributed by atoms with E-state index in [0.29, 0.717) is 11.6 Å². The van der Waals surface area contributed by atoms with E-state index < -0.39 is 6.10 Å². The van der Waals surface area contributed by atoms with E-state index >= 15 is 0 Å². The molecule has 4 heteroatoms. The van der Waals surface area contributed by atoms with Gasteiger partial charge in [-0.05, 0) is 29.5 Å². The second-order valence-corrected chi connectivity index (χ2v) is 3.47. The van der Waals surface area contributed by atoms with Crippen molar-refractivity contribution in [1.29, 1.82) is 0 Å². The Balaban J connectivity index is 2.53. The van der Waals surface area contributed by atoms with Crippen LogP contribution >= 0.6 is 11.6 Å². The largest absolute Gasteiger partial charge is 0.387 e. The minimum Gasteiger partial charge on any atom is -0.387 e. The number of fused-ring (bicyclic) bond motifs is 1. The summed E-state index contributed by atoms with van der Waals surface area (Å²) in [5, 5.41) is 9.74. The molecule has 2 atom stereocenters. The first-order valence-corrected chi connectivity index (χ1v) is 4.26. The molecular formula is C8H9ClN2O. The van der Waals surface area contributed by atoms with Gasteiger partial charge in [0, 0.05) is 6.20 Å². The first-order chi connectivity index (χ1) is 5.68. The maximum Gasteiger partial charge on any atom is 0.222 e. The lowest BCUT2D eigenvalue weighted by Crippen LogP contribution is -1.96. The van der Waals surface area contributed by atoms with Crippen LogP contribution in [-0.4, -0.2) is 15.1 Å². The Kier molecular flexibility index (Phi) is 1.77. The maximum atomic E-state index is 9.53. The Morgan fingerprint density at radius 2 is 2.42 bits per heavy atom. The van der Waals surface area contributed by atoms with Crippen molar-refractivity contribution in [3.63, 3.8) is 0 Å². The molecule has 0 radical (unpaired) electrons. The molecule has 0 saturated carbocycles. The van der Waals surface area contributed by atoms with Crippen LogP contribution in [0.25, 0.3) is 0 Å². The van der Waals surface area contributed by atoms with Gasteiger partial charge in [0.1, 0.15) is 0 Å². The van der Waals surface area contributed by atoms with Gasteiger partial charge in [-0.15, -0.1) is 0 Å². The molecule has 0 aromatic carbocycles. The topological polar surface area (TPSA) is 46.0 Å². The Morgan fingerprint density at radius 1 is 1.67 bits per heavy atom. The van der Waals surface area contributed by atoms with Crippen molar-refractivity contribution in [3.8, 4) is 0 Å². The Bertz CT molecular complexity index is 316. The highest BCUT2D eigenvalue weighted by Gasteiger charge is 2.28. The van der Waals surface area contributed by atoms with Crippen molar-refractivity contribution in [1.82, 2.24) is 9.97 Å². The van der Waals surface area contributed by atoms with Crippen LogP contribution in [0.2, 0.25) is 5.28 Å². The molecular weight excluding hydrogens is 176 g/mol. The van der Waals surface area contributed by atoms with Crippen molar-refractivity contribution >= 4 is 11.6 Å². The van der Waals surface area contributed by atoms with Crippen molar-refractivity contribution in [3.05, 3.63) is 22.7 Å². The van der Waals surface area contributed by atoms with Gasteiger partial charge in [-0.25, -0.2) is 9.97 Å². The van der Waals surface area contributed by atoms with Gasteiger partial charge in [-0.1, -0.05) is 6.92 Å². The van der Waals surface area contributed by atoms with Crippen LogP contribution in [0.3, 0.4) is 0 Å². The number of aliphatic hydroxyl groups is 1. The van der Waals surface area contributed by atoms with Crippen molar-refractivity contribution in [2.75, 3.05) is 0 Å². The lowest BCUT2D eigenvalue weighted by Gasteiger charge is -2.01. The Morgan fingerprint density at radius 3 is 3.17 bits per heavy atom. The van der Waals surface area contributed by atoms with E-state index in [0.717, 1.165) is 12.0 Å². The zero-order chi connectivity index (χ0) is 8.72. The quantitative estimate of drug-likeness (QED) is 0.624. The second-order valence-electron chi connectivity index (χ2n) is 3.13. The molecule has 0 fully saturated rings. The lowest BCUT2D eigenvalue weighted by atomic mass is 10.1. The van der Waals surface area contributed by atoms with E-state index in [-0.39, 0.29) is 5.28 Å². The number of rotatable bonds is 0. The smallest absolute Gasteiger partial charge is 0.222 e. The van der Waals surface area contributed by atoms with Gasteiger partial charge >= 0.3 is 0 Å². The third-order valence-electron chi connectivity index (χ3n) is 2.24. The summed E-state index contributed by atoms with van der Waals surface area (Å²) in [5.41, 5.74) is 1.72. The molecule has 1 heterocycles. The molecule has 0 aliphatic heterocycles. The molecule has 1 aromatic heterocycles. The number of hydrogen-bond donors (Lipinski definition) is 1. The van der Waals surface area contributed by atoms with Gasteiger partial charge in [0.05, 0.1) is 11.8 Å². The molecule has 1 N–H and O–H groups in total. The average Bonchev–Trinajstić information content (AvgIpc) is 2.28. The number of nitrogens with zero attached hydrogens (tertiary/aromatic N) is 2. The SMILES string of the molecule is CC1CC(O)c2nc(Cl)ncc21. The highest BCUT2D eigenvalue weighted by molar-refractivity contribution is 6.28. The summed E-state index contributed by atoms with van der Waals surface area (Å²) in [6.45, 7) is 2.05. The molecule has 64 valence electrons.